The third-order valence-electron chi connectivity index (χ3n) is 2.65. The minimum atomic E-state index is -1.07. The molecule has 3 N–H and O–H groups in total. The summed E-state index contributed by atoms with van der Waals surface area (Å²) in [6, 6.07) is 0. The van der Waals surface area contributed by atoms with Gasteiger partial charge >= 0.3 is 6.09 Å². The number of nitrogens with zero attached hydrogens (tertiary/aromatic N) is 1. The van der Waals surface area contributed by atoms with E-state index in [0.717, 1.165) is 17.7 Å². The van der Waals surface area contributed by atoms with Crippen LogP contribution in [0.1, 0.15) is 26.2 Å². The van der Waals surface area contributed by atoms with E-state index in [2.05, 4.69) is 0 Å². The molecule has 5 nitrogen and oxygen atoms in total. The second-order valence-corrected chi connectivity index (χ2v) is 3.53. The monoisotopic (exact) mass is 186 g/mol. The minimum absolute atomic E-state index is 0.398. The fourth-order valence-electron chi connectivity index (χ4n) is 1.68. The van der Waals surface area contributed by atoms with E-state index in [0.29, 0.717) is 13.0 Å². The molecule has 1 saturated heterocycles. The van der Waals surface area contributed by atoms with Crippen LogP contribution in [0, 0.1) is 0 Å². The van der Waals surface area contributed by atoms with Gasteiger partial charge in [-0.1, -0.05) is 0 Å². The highest BCUT2D eigenvalue weighted by Gasteiger charge is 2.42. The minimum Gasteiger partial charge on any atom is -0.465 e. The van der Waals surface area contributed by atoms with Gasteiger partial charge in [0.05, 0.1) is 0 Å². The van der Waals surface area contributed by atoms with Gasteiger partial charge in [-0.15, -0.1) is 0 Å². The Kier molecular flexibility index (Phi) is 2.45. The maximum atomic E-state index is 11.1. The molecule has 13 heavy (non-hydrogen) atoms. The van der Waals surface area contributed by atoms with Crippen molar-refractivity contribution in [2.45, 2.75) is 31.7 Å². The van der Waals surface area contributed by atoms with E-state index in [-0.39, 0.29) is 0 Å². The molecular weight excluding hydrogens is 172 g/mol. The lowest BCUT2D eigenvalue weighted by atomic mass is 9.88. The van der Waals surface area contributed by atoms with Crippen LogP contribution in [0.2, 0.25) is 0 Å². The van der Waals surface area contributed by atoms with Crippen LogP contribution in [0.4, 0.5) is 4.79 Å². The van der Waals surface area contributed by atoms with Crippen molar-refractivity contribution in [1.82, 2.24) is 4.90 Å². The van der Waals surface area contributed by atoms with Crippen LogP contribution >= 0.6 is 0 Å². The number of carboxylic acid groups (broad SMARTS) is 1. The number of carbonyl (C=O) groups is 2. The van der Waals surface area contributed by atoms with Gasteiger partial charge in [0.25, 0.3) is 0 Å². The summed E-state index contributed by atoms with van der Waals surface area (Å²) in [7, 11) is 0. The summed E-state index contributed by atoms with van der Waals surface area (Å²) in [5, 5.41) is 8.84. The number of hydrogen-bond donors (Lipinski definition) is 2. The Labute approximate surface area is 76.5 Å². The average Bonchev–Trinajstić information content (AvgIpc) is 2.04. The van der Waals surface area contributed by atoms with Gasteiger partial charge < -0.3 is 10.8 Å². The van der Waals surface area contributed by atoms with E-state index in [1.165, 1.54) is 0 Å². The summed E-state index contributed by atoms with van der Waals surface area (Å²) in [6.07, 6.45) is 1.11. The summed E-state index contributed by atoms with van der Waals surface area (Å²) in [5.74, 6) is -0.561. The summed E-state index contributed by atoms with van der Waals surface area (Å²) in [4.78, 5) is 23.0. The molecule has 0 aliphatic carbocycles. The molecule has 1 atom stereocenters. The van der Waals surface area contributed by atoms with Gasteiger partial charge in [0.15, 0.2) is 0 Å². The first-order chi connectivity index (χ1) is 5.98. The Morgan fingerprint density at radius 3 is 2.46 bits per heavy atom. The second-order valence-electron chi connectivity index (χ2n) is 3.53. The predicted octanol–water partition coefficient (Wildman–Crippen LogP) is 0.394. The van der Waals surface area contributed by atoms with Crippen molar-refractivity contribution >= 4 is 12.0 Å². The Balaban J connectivity index is 2.89. The van der Waals surface area contributed by atoms with Gasteiger partial charge in [0.2, 0.25) is 5.91 Å². The first kappa shape index (κ1) is 9.83. The number of rotatable bonds is 1. The first-order valence-corrected chi connectivity index (χ1v) is 4.29. The zero-order valence-corrected chi connectivity index (χ0v) is 7.62. The highest BCUT2D eigenvalue weighted by Crippen LogP contribution is 2.27. The Morgan fingerprint density at radius 1 is 1.46 bits per heavy atom. The van der Waals surface area contributed by atoms with Crippen molar-refractivity contribution in [2.24, 2.45) is 5.73 Å². The molecule has 0 bridgehead atoms. The van der Waals surface area contributed by atoms with Crippen molar-refractivity contribution in [3.8, 4) is 0 Å². The van der Waals surface area contributed by atoms with Crippen molar-refractivity contribution in [2.75, 3.05) is 6.54 Å². The average molecular weight is 186 g/mol. The Hall–Kier alpha value is -1.26. The maximum Gasteiger partial charge on any atom is 0.408 e. The van der Waals surface area contributed by atoms with E-state index >= 15 is 0 Å². The Morgan fingerprint density at radius 2 is 2.08 bits per heavy atom. The zero-order chi connectivity index (χ0) is 10.1. The maximum absolute atomic E-state index is 11.1. The fourth-order valence-corrected chi connectivity index (χ4v) is 1.68. The second kappa shape index (κ2) is 3.24. The number of carbonyl (C=O) groups excluding carboxylic acids is 1. The van der Waals surface area contributed by atoms with E-state index in [9.17, 15) is 9.59 Å². The third kappa shape index (κ3) is 1.59. The molecule has 1 heterocycles. The van der Waals surface area contributed by atoms with Crippen molar-refractivity contribution in [1.29, 1.82) is 0 Å². The topological polar surface area (TPSA) is 83.6 Å². The molecule has 2 amide bonds. The molecule has 74 valence electrons. The van der Waals surface area contributed by atoms with Gasteiger partial charge in [0.1, 0.15) is 5.54 Å². The summed E-state index contributed by atoms with van der Waals surface area (Å²) in [5.41, 5.74) is 4.18. The molecular formula is C8H14N2O3. The van der Waals surface area contributed by atoms with E-state index in [1.807, 2.05) is 0 Å². The molecule has 1 unspecified atom stereocenters. The van der Waals surface area contributed by atoms with Crippen molar-refractivity contribution in [3.63, 3.8) is 0 Å². The van der Waals surface area contributed by atoms with Gasteiger partial charge in [-0.25, -0.2) is 4.79 Å². The van der Waals surface area contributed by atoms with Gasteiger partial charge in [0, 0.05) is 6.54 Å². The third-order valence-corrected chi connectivity index (χ3v) is 2.65. The van der Waals surface area contributed by atoms with Crippen LogP contribution in [0.3, 0.4) is 0 Å². The van der Waals surface area contributed by atoms with Crippen LogP contribution in [-0.2, 0) is 4.79 Å². The van der Waals surface area contributed by atoms with Crippen molar-refractivity contribution < 1.29 is 14.7 Å². The van der Waals surface area contributed by atoms with E-state index in [4.69, 9.17) is 10.8 Å². The highest BCUT2D eigenvalue weighted by molar-refractivity contribution is 5.88. The standard InChI is InChI=1S/C8H14N2O3/c1-8(6(9)11)4-2-3-5-10(8)7(12)13/h2-5H2,1H3,(H2,9,11)(H,12,13). The summed E-state index contributed by atoms with van der Waals surface area (Å²) >= 11 is 0. The Bertz CT molecular complexity index is 242. The number of nitrogens with two attached hydrogens (primary N) is 1. The first-order valence-electron chi connectivity index (χ1n) is 4.29. The van der Waals surface area contributed by atoms with Gasteiger partial charge in [-0.3, -0.25) is 9.69 Å². The quantitative estimate of drug-likeness (QED) is 0.621. The molecule has 1 aliphatic heterocycles. The molecule has 0 saturated carbocycles. The van der Waals surface area contributed by atoms with E-state index < -0.39 is 17.5 Å². The van der Waals surface area contributed by atoms with Crippen molar-refractivity contribution in [3.05, 3.63) is 0 Å². The molecule has 0 spiro atoms. The summed E-state index contributed by atoms with van der Waals surface area (Å²) < 4.78 is 0. The molecule has 1 aliphatic rings. The summed E-state index contributed by atoms with van der Waals surface area (Å²) in [6.45, 7) is 1.98. The van der Waals surface area contributed by atoms with Crippen LogP contribution in [0.25, 0.3) is 0 Å². The molecule has 0 aromatic rings. The fraction of sp³-hybridized carbons (Fsp3) is 0.750. The number of hydrogen-bond acceptors (Lipinski definition) is 2. The molecule has 5 heteroatoms. The normalized spacial score (nSPS) is 28.5. The number of amides is 2. The van der Waals surface area contributed by atoms with Crippen LogP contribution in [-0.4, -0.2) is 34.1 Å². The molecule has 0 radical (unpaired) electrons. The van der Waals surface area contributed by atoms with Crippen LogP contribution in [0.5, 0.6) is 0 Å². The lowest BCUT2D eigenvalue weighted by Gasteiger charge is -2.40. The van der Waals surface area contributed by atoms with Gasteiger partial charge in [-0.2, -0.15) is 0 Å². The lowest BCUT2D eigenvalue weighted by molar-refractivity contribution is -0.130. The SMILES string of the molecule is CC1(C(N)=O)CCCCN1C(=O)O. The molecule has 1 rings (SSSR count). The van der Waals surface area contributed by atoms with Crippen LogP contribution in [0.15, 0.2) is 0 Å². The predicted molar refractivity (Wildman–Crippen MR) is 46.2 cm³/mol. The van der Waals surface area contributed by atoms with Crippen LogP contribution < -0.4 is 5.73 Å². The molecule has 0 aromatic heterocycles. The zero-order valence-electron chi connectivity index (χ0n) is 7.62. The largest absolute Gasteiger partial charge is 0.465 e. The smallest absolute Gasteiger partial charge is 0.408 e. The number of piperidine rings is 1. The lowest BCUT2D eigenvalue weighted by Crippen LogP contribution is -2.59. The number of likely N-dealkylation sites (tertiary alicyclic amines) is 1. The highest BCUT2D eigenvalue weighted by atomic mass is 16.4. The number of primary amides is 1. The molecule has 0 aromatic carbocycles. The van der Waals surface area contributed by atoms with E-state index in [1.54, 1.807) is 6.92 Å². The molecule has 1 fully saturated rings. The van der Waals surface area contributed by atoms with Gasteiger partial charge in [-0.05, 0) is 26.2 Å².